The summed E-state index contributed by atoms with van der Waals surface area (Å²) in [6.07, 6.45) is 6.00. The van der Waals surface area contributed by atoms with Crippen molar-refractivity contribution in [3.05, 3.63) is 49.4 Å². The number of amides is 3. The highest BCUT2D eigenvalue weighted by atomic mass is 32.1. The first-order chi connectivity index (χ1) is 11.8. The Kier molecular flexibility index (Phi) is 8.55. The molecule has 3 amide bonds. The Hall–Kier alpha value is -2.48. The van der Waals surface area contributed by atoms with E-state index >= 15 is 0 Å². The number of nitrogens with zero attached hydrogens (tertiary/aromatic N) is 1. The van der Waals surface area contributed by atoms with Gasteiger partial charge in [-0.25, -0.2) is 0 Å². The molecule has 0 spiro atoms. The van der Waals surface area contributed by atoms with Crippen LogP contribution in [-0.4, -0.2) is 47.6 Å². The first-order valence-electron chi connectivity index (χ1n) is 7.81. The third-order valence-corrected chi connectivity index (χ3v) is 3.72. The van der Waals surface area contributed by atoms with Crippen molar-refractivity contribution in [1.82, 2.24) is 20.9 Å². The topological polar surface area (TPSA) is 90.5 Å². The van der Waals surface area contributed by atoms with Crippen molar-refractivity contribution < 1.29 is 14.4 Å². The van der Waals surface area contributed by atoms with Crippen molar-refractivity contribution in [1.29, 1.82) is 0 Å². The van der Waals surface area contributed by atoms with Gasteiger partial charge >= 0.3 is 0 Å². The quantitative estimate of drug-likeness (QED) is 0.244. The van der Waals surface area contributed by atoms with Crippen LogP contribution in [0, 0.1) is 0 Å². The molecule has 1 rings (SSSR count). The molecule has 0 radical (unpaired) electrons. The van der Waals surface area contributed by atoms with Crippen LogP contribution in [0.2, 0.25) is 0 Å². The third kappa shape index (κ3) is 7.30. The van der Waals surface area contributed by atoms with E-state index in [1.807, 2.05) is 0 Å². The normalized spacial score (nSPS) is 14.2. The summed E-state index contributed by atoms with van der Waals surface area (Å²) in [5.41, 5.74) is 1.35. The molecule has 0 aromatic carbocycles. The zero-order chi connectivity index (χ0) is 18.8. The largest absolute Gasteiger partial charge is 0.380 e. The molecule has 0 aromatic rings. The van der Waals surface area contributed by atoms with Crippen LogP contribution >= 0.6 is 12.6 Å². The number of carbonyl (C=O) groups excluding carboxylic acids is 3. The van der Waals surface area contributed by atoms with E-state index in [0.29, 0.717) is 37.3 Å². The second kappa shape index (κ2) is 10.4. The molecule has 7 nitrogen and oxygen atoms in total. The van der Waals surface area contributed by atoms with Crippen LogP contribution in [0.25, 0.3) is 0 Å². The number of thiol groups is 1. The van der Waals surface area contributed by atoms with Crippen LogP contribution in [0.4, 0.5) is 0 Å². The van der Waals surface area contributed by atoms with Gasteiger partial charge in [0.2, 0.25) is 5.91 Å². The summed E-state index contributed by atoms with van der Waals surface area (Å²) in [6.45, 7) is 11.9. The van der Waals surface area contributed by atoms with Gasteiger partial charge < -0.3 is 20.9 Å². The predicted molar refractivity (Wildman–Crippen MR) is 100 cm³/mol. The fourth-order valence-corrected chi connectivity index (χ4v) is 2.26. The number of allylic oxidation sites excluding steroid dienone is 2. The molecule has 0 fully saturated rings. The molecule has 25 heavy (non-hydrogen) atoms. The Bertz CT molecular complexity index is 583. The maximum Gasteiger partial charge on any atom is 0.253 e. The molecular formula is C17H24N4O3S. The average molecular weight is 364 g/mol. The van der Waals surface area contributed by atoms with Crippen LogP contribution in [0.15, 0.2) is 49.4 Å². The van der Waals surface area contributed by atoms with Crippen molar-refractivity contribution in [2.24, 2.45) is 0 Å². The molecule has 1 aliphatic heterocycles. The lowest BCUT2D eigenvalue weighted by atomic mass is 10.2. The Morgan fingerprint density at radius 2 is 2.04 bits per heavy atom. The van der Waals surface area contributed by atoms with Crippen molar-refractivity contribution in [3.8, 4) is 0 Å². The Labute approximate surface area is 153 Å². The molecular weight excluding hydrogens is 340 g/mol. The molecule has 0 bridgehead atoms. The minimum atomic E-state index is -0.929. The molecule has 1 unspecified atom stereocenters. The van der Waals surface area contributed by atoms with Gasteiger partial charge in [0.15, 0.2) is 5.37 Å². The molecule has 0 aliphatic carbocycles. The standard InChI is InChI=1S/C17H24N4O3S/c1-4-9-18-16(24)17(25)20-14(22)11-19-12(2)6-5-10-21-13(3)7-8-15(21)23/h4,7-8,17,19,25H,1-3,5-6,9-11H2,(H,18,24)(H,20,22). The zero-order valence-corrected chi connectivity index (χ0v) is 15.0. The fraction of sp³-hybridized carbons (Fsp3) is 0.353. The maximum atomic E-state index is 11.8. The molecule has 1 atom stereocenters. The van der Waals surface area contributed by atoms with Crippen molar-refractivity contribution >= 4 is 30.4 Å². The minimum Gasteiger partial charge on any atom is -0.380 e. The van der Waals surface area contributed by atoms with E-state index in [9.17, 15) is 14.4 Å². The maximum absolute atomic E-state index is 11.8. The van der Waals surface area contributed by atoms with Crippen LogP contribution < -0.4 is 16.0 Å². The summed E-state index contributed by atoms with van der Waals surface area (Å²) in [7, 11) is 0. The molecule has 0 aromatic heterocycles. The summed E-state index contributed by atoms with van der Waals surface area (Å²) in [5.74, 6) is -0.848. The SMILES string of the molecule is C=CCNC(=O)C(S)NC(=O)CNC(=C)CCCN1C(=C)C=CC1=O. The van der Waals surface area contributed by atoms with E-state index in [1.54, 1.807) is 11.0 Å². The molecule has 3 N–H and O–H groups in total. The Morgan fingerprint density at radius 3 is 2.64 bits per heavy atom. The van der Waals surface area contributed by atoms with Crippen LogP contribution in [-0.2, 0) is 14.4 Å². The molecule has 1 heterocycles. The molecule has 8 heteroatoms. The van der Waals surface area contributed by atoms with Gasteiger partial charge in [0.1, 0.15) is 0 Å². The predicted octanol–water partition coefficient (Wildman–Crippen LogP) is 0.456. The first kappa shape index (κ1) is 20.6. The number of hydrogen-bond acceptors (Lipinski definition) is 5. The Morgan fingerprint density at radius 1 is 1.32 bits per heavy atom. The van der Waals surface area contributed by atoms with Gasteiger partial charge in [-0.15, -0.1) is 19.2 Å². The summed E-state index contributed by atoms with van der Waals surface area (Å²) in [5, 5.41) is 6.95. The summed E-state index contributed by atoms with van der Waals surface area (Å²) >= 11 is 4.02. The average Bonchev–Trinajstić information content (AvgIpc) is 2.89. The lowest BCUT2D eigenvalue weighted by molar-refractivity contribution is -0.126. The van der Waals surface area contributed by atoms with Crippen molar-refractivity contribution in [2.45, 2.75) is 18.2 Å². The summed E-state index contributed by atoms with van der Waals surface area (Å²) in [6, 6.07) is 0. The molecule has 0 saturated carbocycles. The van der Waals surface area contributed by atoms with Crippen molar-refractivity contribution in [2.75, 3.05) is 19.6 Å². The summed E-state index contributed by atoms with van der Waals surface area (Å²) in [4.78, 5) is 36.5. The molecule has 1 aliphatic rings. The zero-order valence-electron chi connectivity index (χ0n) is 14.1. The van der Waals surface area contributed by atoms with E-state index in [1.165, 1.54) is 12.2 Å². The van der Waals surface area contributed by atoms with Crippen LogP contribution in [0.3, 0.4) is 0 Å². The first-order valence-corrected chi connectivity index (χ1v) is 8.33. The second-order valence-corrected chi connectivity index (χ2v) is 5.90. The van der Waals surface area contributed by atoms with Crippen LogP contribution in [0.1, 0.15) is 12.8 Å². The highest BCUT2D eigenvalue weighted by Crippen LogP contribution is 2.14. The number of rotatable bonds is 11. The van der Waals surface area contributed by atoms with Gasteiger partial charge in [-0.2, -0.15) is 0 Å². The number of nitrogens with one attached hydrogen (secondary N) is 3. The van der Waals surface area contributed by atoms with Gasteiger partial charge in [-0.05, 0) is 18.9 Å². The monoisotopic (exact) mass is 364 g/mol. The van der Waals surface area contributed by atoms with E-state index in [-0.39, 0.29) is 18.4 Å². The smallest absolute Gasteiger partial charge is 0.253 e. The lowest BCUT2D eigenvalue weighted by Gasteiger charge is -2.18. The fourth-order valence-electron chi connectivity index (χ4n) is 2.03. The summed E-state index contributed by atoms with van der Waals surface area (Å²) < 4.78 is 0. The second-order valence-electron chi connectivity index (χ2n) is 5.38. The van der Waals surface area contributed by atoms with E-state index in [0.717, 1.165) is 0 Å². The van der Waals surface area contributed by atoms with Crippen LogP contribution in [0.5, 0.6) is 0 Å². The lowest BCUT2D eigenvalue weighted by Crippen LogP contribution is -2.46. The Balaban J connectivity index is 2.19. The highest BCUT2D eigenvalue weighted by molar-refractivity contribution is 7.81. The molecule has 0 saturated heterocycles. The molecule has 136 valence electrons. The van der Waals surface area contributed by atoms with Gasteiger partial charge in [-0.1, -0.05) is 19.2 Å². The number of hydrogen-bond donors (Lipinski definition) is 4. The van der Waals surface area contributed by atoms with Crippen molar-refractivity contribution in [3.63, 3.8) is 0 Å². The highest BCUT2D eigenvalue weighted by Gasteiger charge is 2.18. The van der Waals surface area contributed by atoms with Gasteiger partial charge in [0.05, 0.1) is 6.54 Å². The van der Waals surface area contributed by atoms with E-state index in [2.05, 4.69) is 48.3 Å². The number of carbonyl (C=O) groups is 3. The van der Waals surface area contributed by atoms with Gasteiger partial charge in [0, 0.05) is 30.6 Å². The van der Waals surface area contributed by atoms with E-state index in [4.69, 9.17) is 0 Å². The minimum absolute atomic E-state index is 0.0124. The van der Waals surface area contributed by atoms with Gasteiger partial charge in [0.25, 0.3) is 11.8 Å². The third-order valence-electron chi connectivity index (χ3n) is 3.36. The van der Waals surface area contributed by atoms with E-state index < -0.39 is 11.3 Å². The van der Waals surface area contributed by atoms with Gasteiger partial charge in [-0.3, -0.25) is 14.4 Å².